The van der Waals surface area contributed by atoms with E-state index in [0.29, 0.717) is 45.2 Å². The summed E-state index contributed by atoms with van der Waals surface area (Å²) in [4.78, 5) is 14.3. The molecule has 7 rings (SSSR count). The number of aliphatic hydroxyl groups is 1. The fraction of sp³-hybridized carbons (Fsp3) is 0.655. The van der Waals surface area contributed by atoms with Crippen molar-refractivity contribution in [3.8, 4) is 6.01 Å². The predicted octanol–water partition coefficient (Wildman–Crippen LogP) is 3.28. The zero-order valence-electron chi connectivity index (χ0n) is 22.2. The number of fused-ring (bicyclic) bond motifs is 4. The summed E-state index contributed by atoms with van der Waals surface area (Å²) in [5.74, 6) is 0.793. The Hall–Kier alpha value is -2.49. The minimum absolute atomic E-state index is 0.264. The smallest absolute Gasteiger partial charge is 0.318 e. The number of hydrogen-bond donors (Lipinski definition) is 2. The van der Waals surface area contributed by atoms with Crippen LogP contribution < -0.4 is 15.4 Å². The maximum atomic E-state index is 14.4. The van der Waals surface area contributed by atoms with Gasteiger partial charge in [0.15, 0.2) is 0 Å². The van der Waals surface area contributed by atoms with E-state index in [4.69, 9.17) is 25.2 Å². The van der Waals surface area contributed by atoms with Crippen LogP contribution in [0.5, 0.6) is 6.01 Å². The van der Waals surface area contributed by atoms with Gasteiger partial charge < -0.3 is 25.2 Å². The molecule has 1 aromatic heterocycles. The first kappa shape index (κ1) is 24.5. The first-order chi connectivity index (χ1) is 18.2. The molecule has 5 heterocycles. The van der Waals surface area contributed by atoms with Crippen LogP contribution >= 0.6 is 0 Å². The Morgan fingerprint density at radius 2 is 2.08 bits per heavy atom. The van der Waals surface area contributed by atoms with Crippen molar-refractivity contribution in [3.05, 3.63) is 40.6 Å². The number of anilines is 2. The second kappa shape index (κ2) is 8.76. The summed E-state index contributed by atoms with van der Waals surface area (Å²) in [6.45, 7) is 5.41. The molecule has 3 N–H and O–H groups in total. The van der Waals surface area contributed by atoms with Crippen LogP contribution in [0.2, 0.25) is 0 Å². The van der Waals surface area contributed by atoms with Crippen molar-refractivity contribution in [3.63, 3.8) is 0 Å². The van der Waals surface area contributed by atoms with Crippen molar-refractivity contribution in [2.75, 3.05) is 43.4 Å². The van der Waals surface area contributed by atoms with Crippen molar-refractivity contribution in [2.45, 2.75) is 87.8 Å². The van der Waals surface area contributed by atoms with Crippen LogP contribution in [0.25, 0.3) is 0 Å². The molecule has 1 unspecified atom stereocenters. The molecule has 0 radical (unpaired) electrons. The standard InChI is InChI=1S/C29H38FN5O3/c1-27(36)7-2-10-34(17-27)25-22-16-38-29(9-6-19-4-5-21(31)12-23(19)29)14-24(22)32-26(33-25)37-18-28-8-3-11-35(28)15-20(30)13-28/h4-5,12,20,36H,2-3,6-11,13-18,31H2,1H3/t20-,27-,28+,29?/m1/s1. The van der Waals surface area contributed by atoms with Crippen LogP contribution in [0.1, 0.15) is 67.8 Å². The van der Waals surface area contributed by atoms with Gasteiger partial charge in [-0.3, -0.25) is 4.90 Å². The normalized spacial score (nSPS) is 34.4. The second-order valence-electron chi connectivity index (χ2n) is 12.5. The molecule has 4 aliphatic heterocycles. The predicted molar refractivity (Wildman–Crippen MR) is 142 cm³/mol. The molecule has 1 spiro atoms. The molecule has 0 saturated carbocycles. The van der Waals surface area contributed by atoms with Gasteiger partial charge in [0.05, 0.1) is 29.0 Å². The van der Waals surface area contributed by atoms with Crippen LogP contribution in [-0.4, -0.2) is 70.1 Å². The largest absolute Gasteiger partial charge is 0.461 e. The highest BCUT2D eigenvalue weighted by Crippen LogP contribution is 2.48. The summed E-state index contributed by atoms with van der Waals surface area (Å²) in [6.07, 6.45) is 5.82. The number of nitrogens with zero attached hydrogens (tertiary/aromatic N) is 4. The lowest BCUT2D eigenvalue weighted by Gasteiger charge is -2.41. The Balaban J connectivity index is 1.24. The van der Waals surface area contributed by atoms with Crippen LogP contribution in [0.4, 0.5) is 15.9 Å². The van der Waals surface area contributed by atoms with E-state index in [1.165, 1.54) is 5.56 Å². The number of piperidine rings is 1. The molecule has 38 heavy (non-hydrogen) atoms. The van der Waals surface area contributed by atoms with Crippen molar-refractivity contribution in [2.24, 2.45) is 0 Å². The number of aromatic nitrogens is 2. The van der Waals surface area contributed by atoms with Gasteiger partial charge in [-0.25, -0.2) is 4.39 Å². The molecule has 9 heteroatoms. The molecule has 0 bridgehead atoms. The zero-order chi connectivity index (χ0) is 26.1. The van der Waals surface area contributed by atoms with Gasteiger partial charge >= 0.3 is 6.01 Å². The number of rotatable bonds is 4. The first-order valence-corrected chi connectivity index (χ1v) is 14.2. The summed E-state index contributed by atoms with van der Waals surface area (Å²) in [5, 5.41) is 10.9. The molecule has 204 valence electrons. The average molecular weight is 524 g/mol. The number of nitrogens with two attached hydrogens (primary N) is 1. The SMILES string of the molecule is C[C@@]1(O)CCCN(c2nc(OC[C@@]34CCCN3C[C@H](F)C4)nc3c2COC2(CCc4ccc(N)cc42)C3)C1. The lowest BCUT2D eigenvalue weighted by atomic mass is 9.86. The molecular weight excluding hydrogens is 485 g/mol. The van der Waals surface area contributed by atoms with Gasteiger partial charge in [0, 0.05) is 43.7 Å². The summed E-state index contributed by atoms with van der Waals surface area (Å²) in [7, 11) is 0. The topological polar surface area (TPSA) is 97.0 Å². The van der Waals surface area contributed by atoms with E-state index in [1.54, 1.807) is 0 Å². The minimum Gasteiger partial charge on any atom is -0.461 e. The fourth-order valence-electron chi connectivity index (χ4n) is 7.74. The maximum Gasteiger partial charge on any atom is 0.318 e. The van der Waals surface area contributed by atoms with Gasteiger partial charge in [-0.2, -0.15) is 9.97 Å². The van der Waals surface area contributed by atoms with Gasteiger partial charge in [0.25, 0.3) is 0 Å². The molecule has 0 amide bonds. The van der Waals surface area contributed by atoms with Gasteiger partial charge in [-0.1, -0.05) is 6.07 Å². The van der Waals surface area contributed by atoms with Crippen LogP contribution in [0.3, 0.4) is 0 Å². The Morgan fingerprint density at radius 1 is 1.21 bits per heavy atom. The molecule has 2 aromatic rings. The molecule has 1 aliphatic carbocycles. The lowest BCUT2D eigenvalue weighted by molar-refractivity contribution is -0.0731. The summed E-state index contributed by atoms with van der Waals surface area (Å²) >= 11 is 0. The first-order valence-electron chi connectivity index (χ1n) is 14.2. The molecule has 3 fully saturated rings. The highest BCUT2D eigenvalue weighted by molar-refractivity contribution is 5.54. The monoisotopic (exact) mass is 523 g/mol. The van der Waals surface area contributed by atoms with Crippen molar-refractivity contribution in [1.29, 1.82) is 0 Å². The van der Waals surface area contributed by atoms with Crippen LogP contribution in [0, 0.1) is 0 Å². The van der Waals surface area contributed by atoms with E-state index in [9.17, 15) is 9.50 Å². The third-order valence-electron chi connectivity index (χ3n) is 9.62. The van der Waals surface area contributed by atoms with Gasteiger partial charge in [0.1, 0.15) is 18.6 Å². The highest BCUT2D eigenvalue weighted by Gasteiger charge is 2.50. The number of β-amino-alcohol motifs (C(OH)–C–C–N with tert-alkyl or cyclic N) is 1. The summed E-state index contributed by atoms with van der Waals surface area (Å²) in [5.41, 5.74) is 9.77. The molecule has 4 atom stereocenters. The van der Waals surface area contributed by atoms with Crippen LogP contribution in [0.15, 0.2) is 18.2 Å². The van der Waals surface area contributed by atoms with Crippen molar-refractivity contribution in [1.82, 2.24) is 14.9 Å². The van der Waals surface area contributed by atoms with E-state index < -0.39 is 17.4 Å². The molecule has 8 nitrogen and oxygen atoms in total. The third kappa shape index (κ3) is 4.05. The Morgan fingerprint density at radius 3 is 2.95 bits per heavy atom. The van der Waals surface area contributed by atoms with E-state index in [-0.39, 0.29) is 5.54 Å². The lowest BCUT2D eigenvalue weighted by Crippen LogP contribution is -2.47. The highest BCUT2D eigenvalue weighted by atomic mass is 19.1. The number of hydrogen-bond acceptors (Lipinski definition) is 8. The van der Waals surface area contributed by atoms with E-state index >= 15 is 0 Å². The van der Waals surface area contributed by atoms with Crippen LogP contribution in [-0.2, 0) is 29.8 Å². The number of nitrogen functional groups attached to an aromatic ring is 1. The third-order valence-corrected chi connectivity index (χ3v) is 9.62. The van der Waals surface area contributed by atoms with E-state index in [2.05, 4.69) is 21.9 Å². The zero-order valence-corrected chi connectivity index (χ0v) is 22.2. The maximum absolute atomic E-state index is 14.4. The number of ether oxygens (including phenoxy) is 2. The quantitative estimate of drug-likeness (QED) is 0.590. The average Bonchev–Trinajstić information content (AvgIpc) is 3.52. The minimum atomic E-state index is -0.804. The van der Waals surface area contributed by atoms with Gasteiger partial charge in [0.2, 0.25) is 0 Å². The van der Waals surface area contributed by atoms with E-state index in [0.717, 1.165) is 79.9 Å². The van der Waals surface area contributed by atoms with Crippen molar-refractivity contribution < 1.29 is 19.0 Å². The number of benzene rings is 1. The van der Waals surface area contributed by atoms with Crippen molar-refractivity contribution >= 4 is 11.5 Å². The Labute approximate surface area is 223 Å². The van der Waals surface area contributed by atoms with Gasteiger partial charge in [-0.05, 0) is 75.3 Å². The Bertz CT molecular complexity index is 1260. The number of alkyl halides is 1. The summed E-state index contributed by atoms with van der Waals surface area (Å²) < 4.78 is 27.4. The summed E-state index contributed by atoms with van der Waals surface area (Å²) in [6, 6.07) is 6.46. The number of aryl methyl sites for hydroxylation is 1. The number of halogens is 1. The molecular formula is C29H38FN5O3. The van der Waals surface area contributed by atoms with E-state index in [1.807, 2.05) is 13.0 Å². The molecule has 5 aliphatic rings. The van der Waals surface area contributed by atoms with Gasteiger partial charge in [-0.15, -0.1) is 0 Å². The second-order valence-corrected chi connectivity index (χ2v) is 12.5. The molecule has 3 saturated heterocycles. The molecule has 1 aromatic carbocycles. The fourth-order valence-corrected chi connectivity index (χ4v) is 7.74. The Kier molecular flexibility index (Phi) is 5.66.